The van der Waals surface area contributed by atoms with E-state index < -0.39 is 18.0 Å². The molecule has 0 aromatic heterocycles. The van der Waals surface area contributed by atoms with Gasteiger partial charge in [-0.15, -0.1) is 0 Å². The van der Waals surface area contributed by atoms with Crippen molar-refractivity contribution in [2.45, 2.75) is 70.7 Å². The fourth-order valence-electron chi connectivity index (χ4n) is 5.34. The summed E-state index contributed by atoms with van der Waals surface area (Å²) in [6, 6.07) is 0. The first kappa shape index (κ1) is 14.7. The zero-order chi connectivity index (χ0) is 15.9. The van der Waals surface area contributed by atoms with Gasteiger partial charge in [0.2, 0.25) is 0 Å². The van der Waals surface area contributed by atoms with Gasteiger partial charge in [-0.25, -0.2) is 0 Å². The third-order valence-corrected chi connectivity index (χ3v) is 6.19. The van der Waals surface area contributed by atoms with Crippen LogP contribution < -0.4 is 0 Å². The van der Waals surface area contributed by atoms with Crippen LogP contribution in [0.15, 0.2) is 11.6 Å². The van der Waals surface area contributed by atoms with E-state index >= 15 is 0 Å². The van der Waals surface area contributed by atoms with E-state index in [2.05, 4.69) is 13.8 Å². The van der Waals surface area contributed by atoms with E-state index in [-0.39, 0.29) is 35.4 Å². The lowest BCUT2D eigenvalue weighted by molar-refractivity contribution is -0.286. The summed E-state index contributed by atoms with van der Waals surface area (Å²) in [5.74, 6) is -0.136. The largest absolute Gasteiger partial charge is 0.459 e. The molecule has 0 aromatic rings. The van der Waals surface area contributed by atoms with Gasteiger partial charge in [0.1, 0.15) is 17.8 Å². The molecule has 1 spiro atoms. The quantitative estimate of drug-likeness (QED) is 0.591. The second kappa shape index (κ2) is 4.34. The number of carbonyl (C=O) groups excluding carboxylic acids is 1. The Morgan fingerprint density at radius 1 is 1.45 bits per heavy atom. The van der Waals surface area contributed by atoms with Crippen molar-refractivity contribution < 1.29 is 24.1 Å². The first-order chi connectivity index (χ1) is 10.3. The summed E-state index contributed by atoms with van der Waals surface area (Å²) in [7, 11) is 0. The molecular weight excluding hydrogens is 284 g/mol. The number of ether oxygens (including phenoxy) is 3. The van der Waals surface area contributed by atoms with Gasteiger partial charge >= 0.3 is 5.97 Å². The highest BCUT2D eigenvalue weighted by atomic mass is 16.7. The summed E-state index contributed by atoms with van der Waals surface area (Å²) in [4.78, 5) is 11.6. The van der Waals surface area contributed by atoms with E-state index in [1.54, 1.807) is 0 Å². The molecule has 2 aliphatic carbocycles. The summed E-state index contributed by atoms with van der Waals surface area (Å²) < 4.78 is 18.0. The van der Waals surface area contributed by atoms with E-state index in [0.717, 1.165) is 12.0 Å². The lowest BCUT2D eigenvalue weighted by Crippen LogP contribution is -2.68. The minimum Gasteiger partial charge on any atom is -0.459 e. The number of rotatable bonds is 1. The molecule has 7 unspecified atom stereocenters. The first-order valence-corrected chi connectivity index (χ1v) is 8.12. The minimum atomic E-state index is -0.556. The summed E-state index contributed by atoms with van der Waals surface area (Å²) >= 11 is 0. The van der Waals surface area contributed by atoms with Crippen molar-refractivity contribution in [2.75, 3.05) is 0 Å². The molecule has 5 rings (SSSR count). The van der Waals surface area contributed by atoms with Crippen molar-refractivity contribution in [3.05, 3.63) is 11.6 Å². The molecule has 1 N–H and O–H groups in total. The van der Waals surface area contributed by atoms with Crippen LogP contribution in [0.3, 0.4) is 0 Å². The van der Waals surface area contributed by atoms with Crippen LogP contribution >= 0.6 is 0 Å². The molecule has 3 aliphatic heterocycles. The van der Waals surface area contributed by atoms with Crippen LogP contribution in [0.4, 0.5) is 0 Å². The van der Waals surface area contributed by atoms with Crippen LogP contribution in [0.2, 0.25) is 0 Å². The number of esters is 1. The number of aliphatic hydroxyl groups is 1. The predicted octanol–water partition coefficient (Wildman–Crippen LogP) is 1.79. The van der Waals surface area contributed by atoms with Crippen LogP contribution in [0.25, 0.3) is 0 Å². The molecule has 5 nitrogen and oxygen atoms in total. The lowest BCUT2D eigenvalue weighted by atomic mass is 9.47. The number of aliphatic hydroxyl groups excluding tert-OH is 1. The Balaban J connectivity index is 1.82. The number of hydrogen-bond donors (Lipinski definition) is 1. The van der Waals surface area contributed by atoms with E-state index in [1.807, 2.05) is 13.0 Å². The van der Waals surface area contributed by atoms with Crippen LogP contribution in [-0.2, 0) is 19.0 Å². The Morgan fingerprint density at radius 2 is 2.18 bits per heavy atom. The minimum absolute atomic E-state index is 0.0294. The van der Waals surface area contributed by atoms with Crippen molar-refractivity contribution >= 4 is 5.97 Å². The Labute approximate surface area is 130 Å². The van der Waals surface area contributed by atoms with Gasteiger partial charge in [0.15, 0.2) is 6.29 Å². The highest BCUT2D eigenvalue weighted by molar-refractivity contribution is 5.66. The second-order valence-electron chi connectivity index (χ2n) is 7.96. The summed E-state index contributed by atoms with van der Waals surface area (Å²) in [6.45, 7) is 7.75. The van der Waals surface area contributed by atoms with Gasteiger partial charge in [0, 0.05) is 25.2 Å². The molecule has 7 atom stereocenters. The average Bonchev–Trinajstić information content (AvgIpc) is 2.84. The van der Waals surface area contributed by atoms with Crippen molar-refractivity contribution in [2.24, 2.45) is 17.3 Å². The van der Waals surface area contributed by atoms with E-state index in [0.29, 0.717) is 6.42 Å². The third kappa shape index (κ3) is 1.62. The molecular formula is C17H24O5. The van der Waals surface area contributed by atoms with E-state index in [9.17, 15) is 9.90 Å². The van der Waals surface area contributed by atoms with Gasteiger partial charge in [0.25, 0.3) is 0 Å². The first-order valence-electron chi connectivity index (χ1n) is 8.12. The van der Waals surface area contributed by atoms with Gasteiger partial charge in [-0.3, -0.25) is 4.79 Å². The molecule has 0 amide bonds. The third-order valence-electron chi connectivity index (χ3n) is 6.19. The molecule has 5 heteroatoms. The lowest BCUT2D eigenvalue weighted by Gasteiger charge is -2.61. The number of hydrogen-bond acceptors (Lipinski definition) is 5. The monoisotopic (exact) mass is 308 g/mol. The Morgan fingerprint density at radius 3 is 2.82 bits per heavy atom. The molecule has 4 bridgehead atoms. The maximum absolute atomic E-state index is 11.6. The average molecular weight is 308 g/mol. The van der Waals surface area contributed by atoms with E-state index in [4.69, 9.17) is 14.2 Å². The number of carbonyl (C=O) groups is 1. The topological polar surface area (TPSA) is 65.0 Å². The maximum atomic E-state index is 11.6. The van der Waals surface area contributed by atoms with E-state index in [1.165, 1.54) is 6.92 Å². The standard InChI is InChI=1S/C17H24O5/c1-8-5-11-14(19)13-10-7-16(3,4)17(10,22-15(13)21-11)12(6-8)20-9(2)18/h5,10-15,19H,6-7H2,1-4H3. The van der Waals surface area contributed by atoms with Crippen LogP contribution in [0.1, 0.15) is 40.5 Å². The Hall–Kier alpha value is -0.910. The second-order valence-corrected chi connectivity index (χ2v) is 7.96. The molecule has 0 aromatic carbocycles. The molecule has 2 saturated heterocycles. The fourth-order valence-corrected chi connectivity index (χ4v) is 5.34. The normalized spacial score (nSPS) is 51.2. The van der Waals surface area contributed by atoms with Crippen LogP contribution in [-0.4, -0.2) is 41.3 Å². The molecule has 0 radical (unpaired) electrons. The zero-order valence-corrected chi connectivity index (χ0v) is 13.5. The summed E-state index contributed by atoms with van der Waals surface area (Å²) in [5, 5.41) is 10.7. The predicted molar refractivity (Wildman–Crippen MR) is 77.8 cm³/mol. The molecule has 5 aliphatic rings. The van der Waals surface area contributed by atoms with Crippen molar-refractivity contribution in [3.8, 4) is 0 Å². The highest BCUT2D eigenvalue weighted by Gasteiger charge is 2.76. The van der Waals surface area contributed by atoms with Gasteiger partial charge in [-0.05, 0) is 18.8 Å². The SMILES string of the molecule is CC(=O)OC1CC(C)=CC2OC3OC14C(CC4(C)C)C3C2O. The molecule has 22 heavy (non-hydrogen) atoms. The number of fused-ring (bicyclic) bond motifs is 2. The summed E-state index contributed by atoms with van der Waals surface area (Å²) in [5.41, 5.74) is 0.410. The van der Waals surface area contributed by atoms with Crippen molar-refractivity contribution in [3.63, 3.8) is 0 Å². The van der Waals surface area contributed by atoms with Crippen LogP contribution in [0.5, 0.6) is 0 Å². The van der Waals surface area contributed by atoms with Crippen molar-refractivity contribution in [1.29, 1.82) is 0 Å². The Kier molecular flexibility index (Phi) is 2.89. The zero-order valence-electron chi connectivity index (χ0n) is 13.5. The smallest absolute Gasteiger partial charge is 0.303 e. The Bertz CT molecular complexity index is 553. The van der Waals surface area contributed by atoms with Gasteiger partial charge in [-0.2, -0.15) is 0 Å². The van der Waals surface area contributed by atoms with Gasteiger partial charge in [0.05, 0.1) is 6.10 Å². The molecule has 3 heterocycles. The summed E-state index contributed by atoms with van der Waals surface area (Å²) in [6.07, 6.45) is 1.98. The maximum Gasteiger partial charge on any atom is 0.303 e. The molecule has 1 saturated carbocycles. The fraction of sp³-hybridized carbons (Fsp3) is 0.824. The molecule has 122 valence electrons. The van der Waals surface area contributed by atoms with Gasteiger partial charge in [-0.1, -0.05) is 25.5 Å². The van der Waals surface area contributed by atoms with Crippen LogP contribution in [0, 0.1) is 17.3 Å². The van der Waals surface area contributed by atoms with Crippen molar-refractivity contribution in [1.82, 2.24) is 0 Å². The molecule has 3 fully saturated rings. The highest BCUT2D eigenvalue weighted by Crippen LogP contribution is 2.69. The van der Waals surface area contributed by atoms with Gasteiger partial charge < -0.3 is 19.3 Å².